The van der Waals surface area contributed by atoms with Crippen molar-refractivity contribution in [2.75, 3.05) is 20.8 Å². The number of likely N-dealkylation sites (N-methyl/N-ethyl adjacent to an activating group) is 1. The predicted octanol–water partition coefficient (Wildman–Crippen LogP) is 1.84. The van der Waals surface area contributed by atoms with Crippen LogP contribution in [0.1, 0.15) is 18.4 Å². The van der Waals surface area contributed by atoms with E-state index in [1.807, 2.05) is 13.1 Å². The van der Waals surface area contributed by atoms with Crippen LogP contribution in [0.25, 0.3) is 0 Å². The zero-order valence-corrected chi connectivity index (χ0v) is 8.95. The molecule has 1 heterocycles. The quantitative estimate of drug-likeness (QED) is 0.677. The summed E-state index contributed by atoms with van der Waals surface area (Å²) in [6.45, 7) is 0.837. The Morgan fingerprint density at radius 2 is 2.43 bits per heavy atom. The molecule has 0 saturated heterocycles. The molecule has 0 amide bonds. The molecule has 1 aromatic heterocycles. The van der Waals surface area contributed by atoms with Crippen LogP contribution in [0.5, 0.6) is 0 Å². The minimum Gasteiger partial charge on any atom is -0.472 e. The van der Waals surface area contributed by atoms with Crippen LogP contribution in [-0.4, -0.2) is 26.8 Å². The van der Waals surface area contributed by atoms with E-state index < -0.39 is 0 Å². The normalized spacial score (nSPS) is 13.0. The third-order valence-electron chi connectivity index (χ3n) is 2.37. The summed E-state index contributed by atoms with van der Waals surface area (Å²) in [4.78, 5) is 0. The minimum atomic E-state index is 0.516. The third-order valence-corrected chi connectivity index (χ3v) is 2.37. The van der Waals surface area contributed by atoms with Crippen LogP contribution < -0.4 is 5.32 Å². The summed E-state index contributed by atoms with van der Waals surface area (Å²) in [7, 11) is 3.74. The van der Waals surface area contributed by atoms with Gasteiger partial charge in [0, 0.05) is 19.8 Å². The van der Waals surface area contributed by atoms with Crippen LogP contribution in [-0.2, 0) is 11.2 Å². The first-order chi connectivity index (χ1) is 6.86. The summed E-state index contributed by atoms with van der Waals surface area (Å²) < 4.78 is 10.1. The molecule has 0 bridgehead atoms. The van der Waals surface area contributed by atoms with E-state index >= 15 is 0 Å². The molecule has 3 nitrogen and oxygen atoms in total. The maximum Gasteiger partial charge on any atom is 0.0935 e. The largest absolute Gasteiger partial charge is 0.472 e. The van der Waals surface area contributed by atoms with E-state index in [1.165, 1.54) is 5.56 Å². The highest BCUT2D eigenvalue weighted by molar-refractivity contribution is 5.07. The summed E-state index contributed by atoms with van der Waals surface area (Å²) in [5.74, 6) is 0. The molecule has 0 fully saturated rings. The van der Waals surface area contributed by atoms with Crippen LogP contribution in [0.4, 0.5) is 0 Å². The van der Waals surface area contributed by atoms with Gasteiger partial charge in [0.2, 0.25) is 0 Å². The third kappa shape index (κ3) is 3.94. The number of nitrogens with one attached hydrogen (secondary N) is 1. The lowest BCUT2D eigenvalue weighted by Gasteiger charge is -2.14. The molecule has 0 aliphatic carbocycles. The Bertz CT molecular complexity index is 221. The molecule has 0 saturated carbocycles. The van der Waals surface area contributed by atoms with Gasteiger partial charge in [-0.25, -0.2) is 0 Å². The Kier molecular flexibility index (Phi) is 5.33. The molecule has 3 heteroatoms. The Hall–Kier alpha value is -0.800. The molecule has 0 aromatic carbocycles. The highest BCUT2D eigenvalue weighted by Crippen LogP contribution is 2.07. The van der Waals surface area contributed by atoms with E-state index in [1.54, 1.807) is 19.6 Å². The number of ether oxygens (including phenoxy) is 1. The molecule has 1 unspecified atom stereocenters. The van der Waals surface area contributed by atoms with Gasteiger partial charge < -0.3 is 14.5 Å². The van der Waals surface area contributed by atoms with E-state index in [4.69, 9.17) is 9.15 Å². The number of methoxy groups -OCH3 is 1. The lowest BCUT2D eigenvalue weighted by molar-refractivity contribution is 0.189. The van der Waals surface area contributed by atoms with Gasteiger partial charge in [0.05, 0.1) is 12.5 Å². The fourth-order valence-electron chi connectivity index (χ4n) is 1.52. The van der Waals surface area contributed by atoms with Gasteiger partial charge in [-0.15, -0.1) is 0 Å². The van der Waals surface area contributed by atoms with E-state index in [2.05, 4.69) is 5.32 Å². The average molecular weight is 197 g/mol. The lowest BCUT2D eigenvalue weighted by atomic mass is 10.0. The Morgan fingerprint density at radius 1 is 1.57 bits per heavy atom. The summed E-state index contributed by atoms with van der Waals surface area (Å²) >= 11 is 0. The maximum atomic E-state index is 5.03. The van der Waals surface area contributed by atoms with Gasteiger partial charge in [-0.3, -0.25) is 0 Å². The van der Waals surface area contributed by atoms with Gasteiger partial charge >= 0.3 is 0 Å². The lowest BCUT2D eigenvalue weighted by Crippen LogP contribution is -2.27. The number of rotatable bonds is 7. The van der Waals surface area contributed by atoms with Crippen molar-refractivity contribution in [1.29, 1.82) is 0 Å². The summed E-state index contributed by atoms with van der Waals surface area (Å²) in [5, 5.41) is 3.30. The first-order valence-electron chi connectivity index (χ1n) is 5.04. The Labute approximate surface area is 85.4 Å². The fourth-order valence-corrected chi connectivity index (χ4v) is 1.52. The monoisotopic (exact) mass is 197 g/mol. The van der Waals surface area contributed by atoms with Crippen LogP contribution in [0.15, 0.2) is 23.0 Å². The van der Waals surface area contributed by atoms with Crippen molar-refractivity contribution in [1.82, 2.24) is 5.32 Å². The molecular weight excluding hydrogens is 178 g/mol. The van der Waals surface area contributed by atoms with E-state index in [-0.39, 0.29) is 0 Å². The first-order valence-corrected chi connectivity index (χ1v) is 5.04. The second-order valence-electron chi connectivity index (χ2n) is 3.46. The van der Waals surface area contributed by atoms with E-state index in [9.17, 15) is 0 Å². The standard InChI is InChI=1S/C11H19NO2/c1-12-11(4-3-6-13-2)8-10-5-7-14-9-10/h5,7,9,11-12H,3-4,6,8H2,1-2H3. The van der Waals surface area contributed by atoms with Crippen LogP contribution in [0.3, 0.4) is 0 Å². The minimum absolute atomic E-state index is 0.516. The van der Waals surface area contributed by atoms with Gasteiger partial charge in [0.1, 0.15) is 0 Å². The van der Waals surface area contributed by atoms with Crippen LogP contribution in [0.2, 0.25) is 0 Å². The summed E-state index contributed by atoms with van der Waals surface area (Å²) in [6, 6.07) is 2.53. The van der Waals surface area contributed by atoms with Crippen molar-refractivity contribution in [2.24, 2.45) is 0 Å². The summed E-state index contributed by atoms with van der Waals surface area (Å²) in [5.41, 5.74) is 1.25. The fraction of sp³-hybridized carbons (Fsp3) is 0.636. The van der Waals surface area contributed by atoms with E-state index in [0.29, 0.717) is 6.04 Å². The summed E-state index contributed by atoms with van der Waals surface area (Å²) in [6.07, 6.45) is 6.78. The van der Waals surface area contributed by atoms with Crippen molar-refractivity contribution < 1.29 is 9.15 Å². The molecule has 80 valence electrons. The molecule has 1 aromatic rings. The number of furan rings is 1. The van der Waals surface area contributed by atoms with Crippen LogP contribution >= 0.6 is 0 Å². The molecular formula is C11H19NO2. The van der Waals surface area contributed by atoms with Gasteiger partial charge in [0.25, 0.3) is 0 Å². The zero-order chi connectivity index (χ0) is 10.2. The molecule has 0 aliphatic rings. The highest BCUT2D eigenvalue weighted by atomic mass is 16.5. The molecule has 1 rings (SSSR count). The average Bonchev–Trinajstić information content (AvgIpc) is 2.69. The predicted molar refractivity (Wildman–Crippen MR) is 56.4 cm³/mol. The molecule has 0 spiro atoms. The number of hydrogen-bond acceptors (Lipinski definition) is 3. The van der Waals surface area contributed by atoms with Crippen molar-refractivity contribution in [3.63, 3.8) is 0 Å². The van der Waals surface area contributed by atoms with Gasteiger partial charge in [-0.05, 0) is 37.9 Å². The van der Waals surface area contributed by atoms with Crippen molar-refractivity contribution in [2.45, 2.75) is 25.3 Å². The zero-order valence-electron chi connectivity index (χ0n) is 8.95. The SMILES string of the molecule is CNC(CCCOC)Cc1ccoc1. The highest BCUT2D eigenvalue weighted by Gasteiger charge is 2.07. The van der Waals surface area contributed by atoms with Crippen molar-refractivity contribution in [3.05, 3.63) is 24.2 Å². The molecule has 0 aliphatic heterocycles. The Morgan fingerprint density at radius 3 is 3.00 bits per heavy atom. The van der Waals surface area contributed by atoms with Gasteiger partial charge in [-0.1, -0.05) is 0 Å². The van der Waals surface area contributed by atoms with E-state index in [0.717, 1.165) is 25.9 Å². The van der Waals surface area contributed by atoms with Crippen molar-refractivity contribution >= 4 is 0 Å². The molecule has 1 N–H and O–H groups in total. The first kappa shape index (κ1) is 11.3. The van der Waals surface area contributed by atoms with Gasteiger partial charge in [-0.2, -0.15) is 0 Å². The smallest absolute Gasteiger partial charge is 0.0935 e. The molecule has 0 radical (unpaired) electrons. The Balaban J connectivity index is 2.24. The molecule has 1 atom stereocenters. The topological polar surface area (TPSA) is 34.4 Å². The van der Waals surface area contributed by atoms with Gasteiger partial charge in [0.15, 0.2) is 0 Å². The van der Waals surface area contributed by atoms with Crippen LogP contribution in [0, 0.1) is 0 Å². The number of hydrogen-bond donors (Lipinski definition) is 1. The maximum absolute atomic E-state index is 5.03. The second-order valence-corrected chi connectivity index (χ2v) is 3.46. The molecule has 14 heavy (non-hydrogen) atoms. The van der Waals surface area contributed by atoms with Crippen molar-refractivity contribution in [3.8, 4) is 0 Å². The second kappa shape index (κ2) is 6.62.